The van der Waals surface area contributed by atoms with Gasteiger partial charge in [-0.25, -0.2) is 4.39 Å². The van der Waals surface area contributed by atoms with E-state index < -0.39 is 5.41 Å². The molecule has 3 heterocycles. The van der Waals surface area contributed by atoms with Gasteiger partial charge in [0.2, 0.25) is 5.91 Å². The zero-order valence-electron chi connectivity index (χ0n) is 21.1. The van der Waals surface area contributed by atoms with Crippen molar-refractivity contribution in [3.8, 4) is 5.75 Å². The summed E-state index contributed by atoms with van der Waals surface area (Å²) in [4.78, 5) is 29.1. The molecule has 1 saturated heterocycles. The Bertz CT molecular complexity index is 1180. The van der Waals surface area contributed by atoms with Gasteiger partial charge in [-0.15, -0.1) is 0 Å². The minimum Gasteiger partial charge on any atom is -0.489 e. The molecule has 5 rings (SSSR count). The number of ether oxygens (including phenoxy) is 1. The fourth-order valence-electron chi connectivity index (χ4n) is 6.00. The van der Waals surface area contributed by atoms with E-state index in [0.717, 1.165) is 38.2 Å². The second-order valence-electron chi connectivity index (χ2n) is 10.1. The average Bonchev–Trinajstić information content (AvgIpc) is 3.24. The minimum absolute atomic E-state index is 0.0890. The van der Waals surface area contributed by atoms with Gasteiger partial charge in [-0.05, 0) is 37.5 Å². The second kappa shape index (κ2) is 9.65. The van der Waals surface area contributed by atoms with Crippen molar-refractivity contribution in [2.75, 3.05) is 37.8 Å². The highest BCUT2D eigenvalue weighted by atomic mass is 19.1. The van der Waals surface area contributed by atoms with E-state index in [1.54, 1.807) is 19.9 Å². The number of hydrazone groups is 1. The number of hydrogen-bond acceptors (Lipinski definition) is 6. The maximum Gasteiger partial charge on any atom is 0.219 e. The summed E-state index contributed by atoms with van der Waals surface area (Å²) in [5.41, 5.74) is 1.37. The Balaban J connectivity index is 1.48. The third-order valence-electron chi connectivity index (χ3n) is 8.02. The van der Waals surface area contributed by atoms with Gasteiger partial charge in [-0.2, -0.15) is 5.10 Å². The summed E-state index contributed by atoms with van der Waals surface area (Å²) in [5.74, 6) is 0.231. The van der Waals surface area contributed by atoms with Gasteiger partial charge in [0.25, 0.3) is 0 Å². The normalized spacial score (nSPS) is 24.4. The van der Waals surface area contributed by atoms with Crippen LogP contribution in [0.2, 0.25) is 0 Å². The van der Waals surface area contributed by atoms with Gasteiger partial charge < -0.3 is 9.64 Å². The Kier molecular flexibility index (Phi) is 6.55. The summed E-state index contributed by atoms with van der Waals surface area (Å²) >= 11 is 0. The number of Topliss-reactive ketones (excluding diaryl/α,β-unsaturated/α-hetero) is 1. The zero-order chi connectivity index (χ0) is 25.4. The average molecular weight is 493 g/mol. The predicted octanol–water partition coefficient (Wildman–Crippen LogP) is 3.62. The number of fused-ring (bicyclic) bond motifs is 3. The quantitative estimate of drug-likeness (QED) is 0.616. The first-order valence-corrected chi connectivity index (χ1v) is 12.7. The molecule has 190 valence electrons. The smallest absolute Gasteiger partial charge is 0.219 e. The first-order chi connectivity index (χ1) is 17.3. The molecule has 2 aromatic rings. The van der Waals surface area contributed by atoms with Gasteiger partial charge in [0.1, 0.15) is 35.6 Å². The lowest BCUT2D eigenvalue weighted by Crippen LogP contribution is -2.55. The summed E-state index contributed by atoms with van der Waals surface area (Å²) in [5, 5.41) is 6.65. The maximum atomic E-state index is 14.2. The highest BCUT2D eigenvalue weighted by Gasteiger charge is 2.56. The van der Waals surface area contributed by atoms with Gasteiger partial charge in [-0.3, -0.25) is 19.5 Å². The molecule has 0 bridgehead atoms. The van der Waals surface area contributed by atoms with E-state index in [2.05, 4.69) is 24.0 Å². The van der Waals surface area contributed by atoms with Crippen LogP contribution in [0.1, 0.15) is 39.2 Å². The van der Waals surface area contributed by atoms with Crippen molar-refractivity contribution in [1.82, 2.24) is 9.80 Å². The van der Waals surface area contributed by atoms with Crippen LogP contribution in [0, 0.1) is 5.82 Å². The number of benzene rings is 2. The summed E-state index contributed by atoms with van der Waals surface area (Å²) in [6.07, 6.45) is 1.53. The van der Waals surface area contributed by atoms with Gasteiger partial charge >= 0.3 is 0 Å². The van der Waals surface area contributed by atoms with E-state index >= 15 is 0 Å². The van der Waals surface area contributed by atoms with Gasteiger partial charge in [0, 0.05) is 52.1 Å². The molecule has 7 nitrogen and oxygen atoms in total. The summed E-state index contributed by atoms with van der Waals surface area (Å²) in [7, 11) is 0. The molecule has 0 spiro atoms. The van der Waals surface area contributed by atoms with Gasteiger partial charge in [0.05, 0.1) is 5.41 Å². The molecule has 0 saturated carbocycles. The molecular formula is C28H33FN4O3. The molecular weight excluding hydrogens is 459 g/mol. The van der Waals surface area contributed by atoms with Gasteiger partial charge in [-0.1, -0.05) is 30.3 Å². The van der Waals surface area contributed by atoms with Crippen molar-refractivity contribution < 1.29 is 18.7 Å². The Hall–Kier alpha value is -3.26. The molecule has 8 heteroatoms. The largest absolute Gasteiger partial charge is 0.489 e. The van der Waals surface area contributed by atoms with Crippen molar-refractivity contribution in [3.05, 3.63) is 59.9 Å². The van der Waals surface area contributed by atoms with E-state index in [4.69, 9.17) is 9.84 Å². The highest BCUT2D eigenvalue weighted by Crippen LogP contribution is 2.48. The molecule has 3 aliphatic rings. The van der Waals surface area contributed by atoms with Crippen LogP contribution in [-0.2, 0) is 15.0 Å². The molecule has 0 aliphatic carbocycles. The van der Waals surface area contributed by atoms with Crippen molar-refractivity contribution in [2.45, 2.75) is 51.1 Å². The van der Waals surface area contributed by atoms with E-state index in [1.807, 2.05) is 28.1 Å². The molecule has 1 amide bonds. The molecule has 3 aliphatic heterocycles. The topological polar surface area (TPSA) is 65.5 Å². The van der Waals surface area contributed by atoms with E-state index in [1.165, 1.54) is 12.1 Å². The number of anilines is 1. The Morgan fingerprint density at radius 2 is 1.83 bits per heavy atom. The molecule has 36 heavy (non-hydrogen) atoms. The molecule has 0 N–H and O–H groups in total. The van der Waals surface area contributed by atoms with Crippen molar-refractivity contribution in [2.24, 2.45) is 5.10 Å². The predicted molar refractivity (Wildman–Crippen MR) is 137 cm³/mol. The highest BCUT2D eigenvalue weighted by molar-refractivity contribution is 6.43. The van der Waals surface area contributed by atoms with Crippen LogP contribution in [0.4, 0.5) is 10.1 Å². The van der Waals surface area contributed by atoms with Crippen LogP contribution in [0.15, 0.2) is 53.6 Å². The lowest BCUT2D eigenvalue weighted by Gasteiger charge is -2.43. The van der Waals surface area contributed by atoms with Gasteiger partial charge in [0.15, 0.2) is 5.78 Å². The summed E-state index contributed by atoms with van der Waals surface area (Å²) in [6.45, 7) is 8.86. The van der Waals surface area contributed by atoms with Crippen molar-refractivity contribution in [1.29, 1.82) is 0 Å². The molecule has 3 atom stereocenters. The fourth-order valence-corrected chi connectivity index (χ4v) is 6.00. The first kappa shape index (κ1) is 24.4. The van der Waals surface area contributed by atoms with Crippen LogP contribution in [0.3, 0.4) is 0 Å². The number of carbonyl (C=O) groups is 2. The Morgan fingerprint density at radius 3 is 2.50 bits per heavy atom. The first-order valence-electron chi connectivity index (χ1n) is 12.7. The van der Waals surface area contributed by atoms with E-state index in [-0.39, 0.29) is 29.6 Å². The monoisotopic (exact) mass is 492 g/mol. The SMILES string of the molecule is CC(=O)C1=NN2c3cc(F)ccc3OCC2C1(CCC(C)N1CCN(C(C)=O)CC1)c1ccccc1. The molecule has 2 aromatic carbocycles. The number of hydrogen-bond donors (Lipinski definition) is 0. The van der Waals surface area contributed by atoms with Crippen molar-refractivity contribution in [3.63, 3.8) is 0 Å². The standard InChI is InChI=1S/C28H33FN4O3/c1-19(31-13-15-32(16-14-31)21(3)35)11-12-28(22-7-5-4-6-8-22)26-18-36-25-10-9-23(29)17-24(25)33(26)30-27(28)20(2)34/h4-10,17,19,26H,11-16,18H2,1-3H3. The number of nitrogens with zero attached hydrogens (tertiary/aromatic N) is 4. The van der Waals surface area contributed by atoms with Crippen LogP contribution >= 0.6 is 0 Å². The van der Waals surface area contributed by atoms with E-state index in [0.29, 0.717) is 30.2 Å². The van der Waals surface area contributed by atoms with Crippen LogP contribution < -0.4 is 9.75 Å². The summed E-state index contributed by atoms with van der Waals surface area (Å²) < 4.78 is 20.3. The fraction of sp³-hybridized carbons (Fsp3) is 0.464. The number of halogens is 1. The number of carbonyl (C=O) groups excluding carboxylic acids is 2. The Labute approximate surface area is 211 Å². The van der Waals surface area contributed by atoms with Crippen LogP contribution in [0.25, 0.3) is 0 Å². The maximum absolute atomic E-state index is 14.2. The number of rotatable bonds is 6. The third kappa shape index (κ3) is 4.17. The zero-order valence-corrected chi connectivity index (χ0v) is 21.1. The summed E-state index contributed by atoms with van der Waals surface area (Å²) in [6, 6.07) is 14.5. The third-order valence-corrected chi connectivity index (χ3v) is 8.02. The lowest BCUT2D eigenvalue weighted by atomic mass is 9.66. The van der Waals surface area contributed by atoms with E-state index in [9.17, 15) is 14.0 Å². The van der Waals surface area contributed by atoms with Crippen molar-refractivity contribution >= 4 is 23.1 Å². The second-order valence-corrected chi connectivity index (χ2v) is 10.1. The molecule has 0 aromatic heterocycles. The van der Waals surface area contributed by atoms with Crippen LogP contribution in [-0.4, -0.2) is 72.1 Å². The number of piperazine rings is 1. The van der Waals surface area contributed by atoms with Crippen LogP contribution in [0.5, 0.6) is 5.75 Å². The lowest BCUT2D eigenvalue weighted by molar-refractivity contribution is -0.130. The minimum atomic E-state index is -0.688. The Morgan fingerprint density at radius 1 is 1.11 bits per heavy atom. The molecule has 1 fully saturated rings. The molecule has 0 radical (unpaired) electrons. The number of amides is 1. The number of ketones is 1. The molecule has 3 unspecified atom stereocenters.